The Labute approximate surface area is 131 Å². The maximum absolute atomic E-state index is 12.0. The Morgan fingerprint density at radius 1 is 1.40 bits per heavy atom. The molecule has 0 saturated carbocycles. The third-order valence-electron chi connectivity index (χ3n) is 2.93. The first-order valence-corrected chi connectivity index (χ1v) is 7.60. The van der Waals surface area contributed by atoms with Crippen LogP contribution in [-0.4, -0.2) is 17.1 Å². The SMILES string of the molecule is CCCc1nc(-c2cccc(COC)c2)[nH]c(=O)c1I. The summed E-state index contributed by atoms with van der Waals surface area (Å²) in [5.74, 6) is 0.622. The second-order valence-corrected chi connectivity index (χ2v) is 5.64. The number of ether oxygens (including phenoxy) is 1. The first-order valence-electron chi connectivity index (χ1n) is 6.52. The van der Waals surface area contributed by atoms with Gasteiger partial charge in [0.25, 0.3) is 5.56 Å². The number of H-pyrrole nitrogens is 1. The van der Waals surface area contributed by atoms with E-state index in [-0.39, 0.29) is 5.56 Å². The number of benzene rings is 1. The number of aromatic nitrogens is 2. The van der Waals surface area contributed by atoms with Crippen LogP contribution in [0.2, 0.25) is 0 Å². The summed E-state index contributed by atoms with van der Waals surface area (Å²) < 4.78 is 5.81. The van der Waals surface area contributed by atoms with Gasteiger partial charge in [0, 0.05) is 12.7 Å². The van der Waals surface area contributed by atoms with Gasteiger partial charge >= 0.3 is 0 Å². The van der Waals surface area contributed by atoms with Crippen molar-refractivity contribution in [3.63, 3.8) is 0 Å². The molecular weight excluding hydrogens is 367 g/mol. The number of aryl methyl sites for hydroxylation is 1. The average Bonchev–Trinajstić information content (AvgIpc) is 2.44. The lowest BCUT2D eigenvalue weighted by Gasteiger charge is -2.07. The molecule has 0 amide bonds. The molecule has 0 aliphatic rings. The topological polar surface area (TPSA) is 55.0 Å². The fraction of sp³-hybridized carbons (Fsp3) is 0.333. The van der Waals surface area contributed by atoms with Crippen LogP contribution < -0.4 is 5.56 Å². The van der Waals surface area contributed by atoms with Crippen LogP contribution in [0.4, 0.5) is 0 Å². The number of nitrogens with zero attached hydrogens (tertiary/aromatic N) is 1. The lowest BCUT2D eigenvalue weighted by molar-refractivity contribution is 0.185. The van der Waals surface area contributed by atoms with Crippen LogP contribution >= 0.6 is 22.6 Å². The summed E-state index contributed by atoms with van der Waals surface area (Å²) in [6.07, 6.45) is 1.78. The molecule has 5 heteroatoms. The molecule has 1 heterocycles. The predicted octanol–water partition coefficient (Wildman–Crippen LogP) is 3.14. The molecular formula is C15H17IN2O2. The number of aromatic amines is 1. The van der Waals surface area contributed by atoms with Gasteiger partial charge in [0.2, 0.25) is 0 Å². The van der Waals surface area contributed by atoms with Gasteiger partial charge < -0.3 is 9.72 Å². The molecule has 0 fully saturated rings. The van der Waals surface area contributed by atoms with Crippen molar-refractivity contribution in [1.82, 2.24) is 9.97 Å². The summed E-state index contributed by atoms with van der Waals surface area (Å²) in [7, 11) is 1.66. The van der Waals surface area contributed by atoms with Crippen LogP contribution in [0.25, 0.3) is 11.4 Å². The van der Waals surface area contributed by atoms with E-state index in [1.807, 2.05) is 24.3 Å². The maximum atomic E-state index is 12.0. The fourth-order valence-electron chi connectivity index (χ4n) is 2.02. The monoisotopic (exact) mass is 384 g/mol. The largest absolute Gasteiger partial charge is 0.380 e. The first kappa shape index (κ1) is 15.2. The van der Waals surface area contributed by atoms with Gasteiger partial charge in [-0.05, 0) is 40.6 Å². The molecule has 2 aromatic rings. The highest BCUT2D eigenvalue weighted by atomic mass is 127. The van der Waals surface area contributed by atoms with Crippen molar-refractivity contribution in [3.05, 3.63) is 49.4 Å². The molecule has 1 aromatic heterocycles. The van der Waals surface area contributed by atoms with Crippen molar-refractivity contribution in [1.29, 1.82) is 0 Å². The summed E-state index contributed by atoms with van der Waals surface area (Å²) in [6.45, 7) is 2.63. The first-order chi connectivity index (χ1) is 9.65. The van der Waals surface area contributed by atoms with Crippen molar-refractivity contribution in [2.24, 2.45) is 0 Å². The second kappa shape index (κ2) is 6.99. The molecule has 0 radical (unpaired) electrons. The van der Waals surface area contributed by atoms with Gasteiger partial charge in [0.15, 0.2) is 0 Å². The smallest absolute Gasteiger partial charge is 0.264 e. The normalized spacial score (nSPS) is 10.8. The minimum atomic E-state index is -0.0730. The van der Waals surface area contributed by atoms with E-state index in [0.717, 1.165) is 29.7 Å². The minimum Gasteiger partial charge on any atom is -0.380 e. The Morgan fingerprint density at radius 2 is 2.20 bits per heavy atom. The van der Waals surface area contributed by atoms with Crippen LogP contribution in [0.15, 0.2) is 29.1 Å². The lowest BCUT2D eigenvalue weighted by Crippen LogP contribution is -2.16. The number of hydrogen-bond acceptors (Lipinski definition) is 3. The van der Waals surface area contributed by atoms with Crippen molar-refractivity contribution in [3.8, 4) is 11.4 Å². The van der Waals surface area contributed by atoms with Crippen molar-refractivity contribution >= 4 is 22.6 Å². The van der Waals surface area contributed by atoms with Gasteiger partial charge in [0.05, 0.1) is 15.9 Å². The Kier molecular flexibility index (Phi) is 5.31. The van der Waals surface area contributed by atoms with Crippen LogP contribution in [0.3, 0.4) is 0 Å². The van der Waals surface area contributed by atoms with E-state index in [0.29, 0.717) is 16.0 Å². The van der Waals surface area contributed by atoms with E-state index in [2.05, 4.69) is 39.5 Å². The molecule has 0 bridgehead atoms. The van der Waals surface area contributed by atoms with E-state index in [1.54, 1.807) is 7.11 Å². The number of halogens is 1. The zero-order valence-corrected chi connectivity index (χ0v) is 13.7. The molecule has 0 aliphatic carbocycles. The second-order valence-electron chi connectivity index (χ2n) is 4.56. The van der Waals surface area contributed by atoms with Crippen molar-refractivity contribution in [2.45, 2.75) is 26.4 Å². The maximum Gasteiger partial charge on any atom is 0.264 e. The van der Waals surface area contributed by atoms with Gasteiger partial charge in [-0.15, -0.1) is 0 Å². The molecule has 0 saturated heterocycles. The zero-order chi connectivity index (χ0) is 14.5. The predicted molar refractivity (Wildman–Crippen MR) is 87.7 cm³/mol. The van der Waals surface area contributed by atoms with E-state index in [9.17, 15) is 4.79 Å². The summed E-state index contributed by atoms with van der Waals surface area (Å²) in [5.41, 5.74) is 2.76. The van der Waals surface area contributed by atoms with E-state index in [1.165, 1.54) is 0 Å². The van der Waals surface area contributed by atoms with Crippen LogP contribution in [-0.2, 0) is 17.8 Å². The Bertz CT molecular complexity index is 653. The zero-order valence-electron chi connectivity index (χ0n) is 11.6. The summed E-state index contributed by atoms with van der Waals surface area (Å²) in [4.78, 5) is 19.4. The molecule has 0 aliphatic heterocycles. The van der Waals surface area contributed by atoms with Crippen molar-refractivity contribution in [2.75, 3.05) is 7.11 Å². The number of hydrogen-bond donors (Lipinski definition) is 1. The molecule has 0 unspecified atom stereocenters. The van der Waals surface area contributed by atoms with Gasteiger partial charge in [-0.1, -0.05) is 31.5 Å². The summed E-state index contributed by atoms with van der Waals surface area (Å²) in [5, 5.41) is 0. The molecule has 0 spiro atoms. The van der Waals surface area contributed by atoms with E-state index < -0.39 is 0 Å². The quantitative estimate of drug-likeness (QED) is 0.806. The Balaban J connectivity index is 2.47. The third kappa shape index (κ3) is 3.46. The highest BCUT2D eigenvalue weighted by Gasteiger charge is 2.10. The highest BCUT2D eigenvalue weighted by Crippen LogP contribution is 2.18. The van der Waals surface area contributed by atoms with Crippen LogP contribution in [0.5, 0.6) is 0 Å². The standard InChI is InChI=1S/C15H17IN2O2/c1-3-5-12-13(16)15(19)18-14(17-12)11-7-4-6-10(8-11)9-20-2/h4,6-8H,3,5,9H2,1-2H3,(H,17,18,19). The van der Waals surface area contributed by atoms with Gasteiger partial charge in [-0.25, -0.2) is 4.98 Å². The Morgan fingerprint density at radius 3 is 2.90 bits per heavy atom. The molecule has 106 valence electrons. The lowest BCUT2D eigenvalue weighted by atomic mass is 10.1. The molecule has 2 rings (SSSR count). The van der Waals surface area contributed by atoms with Crippen molar-refractivity contribution < 1.29 is 4.74 Å². The molecule has 20 heavy (non-hydrogen) atoms. The van der Waals surface area contributed by atoms with Crippen LogP contribution in [0, 0.1) is 3.57 Å². The van der Waals surface area contributed by atoms with Gasteiger partial charge in [0.1, 0.15) is 5.82 Å². The summed E-state index contributed by atoms with van der Waals surface area (Å²) in [6, 6.07) is 7.87. The molecule has 4 nitrogen and oxygen atoms in total. The molecule has 1 aromatic carbocycles. The number of rotatable bonds is 5. The third-order valence-corrected chi connectivity index (χ3v) is 4.04. The van der Waals surface area contributed by atoms with E-state index in [4.69, 9.17) is 4.74 Å². The fourth-order valence-corrected chi connectivity index (χ4v) is 2.54. The van der Waals surface area contributed by atoms with Gasteiger partial charge in [-0.3, -0.25) is 4.79 Å². The molecule has 1 N–H and O–H groups in total. The number of methoxy groups -OCH3 is 1. The molecule has 0 atom stereocenters. The Hall–Kier alpha value is -1.21. The van der Waals surface area contributed by atoms with Gasteiger partial charge in [-0.2, -0.15) is 0 Å². The minimum absolute atomic E-state index is 0.0730. The van der Waals surface area contributed by atoms with E-state index >= 15 is 0 Å². The highest BCUT2D eigenvalue weighted by molar-refractivity contribution is 14.1. The average molecular weight is 384 g/mol. The van der Waals surface area contributed by atoms with Crippen LogP contribution in [0.1, 0.15) is 24.6 Å². The number of nitrogens with one attached hydrogen (secondary N) is 1. The summed E-state index contributed by atoms with van der Waals surface area (Å²) >= 11 is 2.06.